The molecule has 8 heteroatoms. The molecule has 1 aromatic carbocycles. The lowest BCUT2D eigenvalue weighted by Crippen LogP contribution is -2.05. The van der Waals surface area contributed by atoms with Crippen molar-refractivity contribution >= 4 is 28.3 Å². The summed E-state index contributed by atoms with van der Waals surface area (Å²) >= 11 is 0.887. The first-order valence-corrected chi connectivity index (χ1v) is 7.97. The van der Waals surface area contributed by atoms with E-state index in [1.165, 1.54) is 14.2 Å². The van der Waals surface area contributed by atoms with Crippen LogP contribution in [-0.2, 0) is 6.18 Å². The number of pyridine rings is 1. The van der Waals surface area contributed by atoms with Crippen molar-refractivity contribution in [1.82, 2.24) is 9.97 Å². The molecular formula is C17H13F3N2O2S. The van der Waals surface area contributed by atoms with Gasteiger partial charge in [0.15, 0.2) is 5.69 Å². The zero-order valence-electron chi connectivity index (χ0n) is 13.3. The molecule has 0 fully saturated rings. The summed E-state index contributed by atoms with van der Waals surface area (Å²) in [5, 5.41) is 1.86. The van der Waals surface area contributed by atoms with Gasteiger partial charge in [0.05, 0.1) is 19.7 Å². The van der Waals surface area contributed by atoms with Gasteiger partial charge in [-0.1, -0.05) is 12.7 Å². The Bertz CT molecular complexity index is 951. The van der Waals surface area contributed by atoms with Gasteiger partial charge < -0.3 is 9.47 Å². The number of fused-ring (bicyclic) bond motifs is 1. The highest BCUT2D eigenvalue weighted by atomic mass is 32.1. The number of hydrogen-bond donors (Lipinski definition) is 0. The van der Waals surface area contributed by atoms with Crippen molar-refractivity contribution < 1.29 is 22.6 Å². The number of aromatic nitrogens is 2. The highest BCUT2D eigenvalue weighted by molar-refractivity contribution is 7.13. The normalized spacial score (nSPS) is 11.6. The van der Waals surface area contributed by atoms with E-state index in [0.29, 0.717) is 33.7 Å². The van der Waals surface area contributed by atoms with Crippen LogP contribution in [0, 0.1) is 0 Å². The molecule has 0 N–H and O–H groups in total. The van der Waals surface area contributed by atoms with Gasteiger partial charge in [-0.15, -0.1) is 11.3 Å². The SMILES string of the molecule is C=Cc1cc(-c2nc(C(F)(F)F)cs2)nc2cc(OC)cc(OC)c12. The summed E-state index contributed by atoms with van der Waals surface area (Å²) in [5.41, 5.74) is 0.603. The van der Waals surface area contributed by atoms with Crippen molar-refractivity contribution in [2.75, 3.05) is 14.2 Å². The Labute approximate surface area is 145 Å². The Morgan fingerprint density at radius 1 is 1.12 bits per heavy atom. The maximum absolute atomic E-state index is 12.8. The maximum Gasteiger partial charge on any atom is 0.434 e. The van der Waals surface area contributed by atoms with Crippen molar-refractivity contribution in [3.8, 4) is 22.2 Å². The third kappa shape index (κ3) is 3.17. The standard InChI is InChI=1S/C17H13F3N2O2S/c1-4-9-5-12(16-22-14(8-25-16)17(18,19)20)21-11-6-10(23-2)7-13(24-3)15(9)11/h4-8H,1H2,2-3H3. The number of rotatable bonds is 4. The Morgan fingerprint density at radius 3 is 2.44 bits per heavy atom. The minimum absolute atomic E-state index is 0.180. The van der Waals surface area contributed by atoms with Gasteiger partial charge in [-0.3, -0.25) is 0 Å². The van der Waals surface area contributed by atoms with Crippen LogP contribution in [0.5, 0.6) is 11.5 Å². The second-order valence-corrected chi connectivity index (χ2v) is 5.92. The molecular weight excluding hydrogens is 353 g/mol. The monoisotopic (exact) mass is 366 g/mol. The van der Waals surface area contributed by atoms with Crippen molar-refractivity contribution in [2.24, 2.45) is 0 Å². The summed E-state index contributed by atoms with van der Waals surface area (Å²) in [6, 6.07) is 5.04. The molecule has 0 amide bonds. The number of thiazole rings is 1. The molecule has 0 unspecified atom stereocenters. The molecule has 0 aliphatic carbocycles. The second-order valence-electron chi connectivity index (χ2n) is 5.06. The molecule has 2 heterocycles. The lowest BCUT2D eigenvalue weighted by molar-refractivity contribution is -0.140. The number of ether oxygens (including phenoxy) is 2. The quantitative estimate of drug-likeness (QED) is 0.649. The third-order valence-electron chi connectivity index (χ3n) is 3.57. The van der Waals surface area contributed by atoms with E-state index in [-0.39, 0.29) is 5.01 Å². The molecule has 0 aliphatic heterocycles. The van der Waals surface area contributed by atoms with Gasteiger partial charge in [0.1, 0.15) is 22.2 Å². The van der Waals surface area contributed by atoms with Crippen molar-refractivity contribution in [1.29, 1.82) is 0 Å². The molecule has 0 atom stereocenters. The van der Waals surface area contributed by atoms with E-state index < -0.39 is 11.9 Å². The summed E-state index contributed by atoms with van der Waals surface area (Å²) in [4.78, 5) is 8.09. The Morgan fingerprint density at radius 2 is 1.88 bits per heavy atom. The van der Waals surface area contributed by atoms with Gasteiger partial charge in [0.2, 0.25) is 0 Å². The first kappa shape index (κ1) is 17.2. The van der Waals surface area contributed by atoms with Crippen LogP contribution in [0.1, 0.15) is 11.3 Å². The summed E-state index contributed by atoms with van der Waals surface area (Å²) in [6.07, 6.45) is -2.89. The first-order chi connectivity index (χ1) is 11.9. The van der Waals surface area contributed by atoms with Crippen LogP contribution in [0.15, 0.2) is 30.2 Å². The minimum Gasteiger partial charge on any atom is -0.497 e. The predicted molar refractivity (Wildman–Crippen MR) is 91.0 cm³/mol. The van der Waals surface area contributed by atoms with Gasteiger partial charge in [0.25, 0.3) is 0 Å². The fraction of sp³-hybridized carbons (Fsp3) is 0.176. The number of methoxy groups -OCH3 is 2. The number of alkyl halides is 3. The summed E-state index contributed by atoms with van der Waals surface area (Å²) in [6.45, 7) is 3.77. The van der Waals surface area contributed by atoms with E-state index in [2.05, 4.69) is 16.5 Å². The van der Waals surface area contributed by atoms with Crippen molar-refractivity contribution in [2.45, 2.75) is 6.18 Å². The number of benzene rings is 1. The van der Waals surface area contributed by atoms with Crippen LogP contribution in [0.4, 0.5) is 13.2 Å². The number of nitrogens with zero attached hydrogens (tertiary/aromatic N) is 2. The zero-order valence-corrected chi connectivity index (χ0v) is 14.2. The number of hydrogen-bond acceptors (Lipinski definition) is 5. The Balaban J connectivity index is 2.24. The van der Waals surface area contributed by atoms with Crippen LogP contribution < -0.4 is 9.47 Å². The summed E-state index contributed by atoms with van der Waals surface area (Å²) < 4.78 is 49.0. The van der Waals surface area contributed by atoms with Crippen molar-refractivity contribution in [3.05, 3.63) is 41.4 Å². The van der Waals surface area contributed by atoms with Crippen LogP contribution >= 0.6 is 11.3 Å². The molecule has 3 rings (SSSR count). The lowest BCUT2D eigenvalue weighted by Gasteiger charge is -2.12. The number of halogens is 3. The molecule has 0 bridgehead atoms. The van der Waals surface area contributed by atoms with Gasteiger partial charge in [0, 0.05) is 22.9 Å². The maximum atomic E-state index is 12.8. The van der Waals surface area contributed by atoms with E-state index in [4.69, 9.17) is 9.47 Å². The molecule has 2 aromatic heterocycles. The molecule has 0 saturated heterocycles. The van der Waals surface area contributed by atoms with Gasteiger partial charge >= 0.3 is 6.18 Å². The van der Waals surface area contributed by atoms with E-state index >= 15 is 0 Å². The molecule has 4 nitrogen and oxygen atoms in total. The van der Waals surface area contributed by atoms with Crippen LogP contribution in [0.2, 0.25) is 0 Å². The van der Waals surface area contributed by atoms with E-state index in [1.807, 2.05) is 0 Å². The molecule has 3 aromatic rings. The summed E-state index contributed by atoms with van der Waals surface area (Å²) in [7, 11) is 3.03. The van der Waals surface area contributed by atoms with E-state index in [0.717, 1.165) is 16.7 Å². The fourth-order valence-corrected chi connectivity index (χ4v) is 3.19. The smallest absolute Gasteiger partial charge is 0.434 e. The highest BCUT2D eigenvalue weighted by Crippen LogP contribution is 2.37. The van der Waals surface area contributed by atoms with E-state index in [9.17, 15) is 13.2 Å². The Hall–Kier alpha value is -2.61. The van der Waals surface area contributed by atoms with E-state index in [1.54, 1.807) is 24.3 Å². The molecule has 0 spiro atoms. The highest BCUT2D eigenvalue weighted by Gasteiger charge is 2.34. The largest absolute Gasteiger partial charge is 0.497 e. The average Bonchev–Trinajstić information content (AvgIpc) is 3.10. The Kier molecular flexibility index (Phi) is 4.38. The third-order valence-corrected chi connectivity index (χ3v) is 4.43. The molecule has 130 valence electrons. The van der Waals surface area contributed by atoms with Crippen molar-refractivity contribution in [3.63, 3.8) is 0 Å². The molecule has 0 aliphatic rings. The van der Waals surface area contributed by atoms with Crippen LogP contribution in [0.3, 0.4) is 0 Å². The topological polar surface area (TPSA) is 44.2 Å². The average molecular weight is 366 g/mol. The molecule has 0 radical (unpaired) electrons. The lowest BCUT2D eigenvalue weighted by atomic mass is 10.1. The van der Waals surface area contributed by atoms with Crippen LogP contribution in [0.25, 0.3) is 27.7 Å². The predicted octanol–water partition coefficient (Wildman–Crippen LogP) is 5.04. The minimum atomic E-state index is -4.49. The fourth-order valence-electron chi connectivity index (χ4n) is 2.41. The van der Waals surface area contributed by atoms with Gasteiger partial charge in [-0.25, -0.2) is 9.97 Å². The first-order valence-electron chi connectivity index (χ1n) is 7.09. The van der Waals surface area contributed by atoms with Gasteiger partial charge in [-0.2, -0.15) is 13.2 Å². The molecule has 25 heavy (non-hydrogen) atoms. The zero-order chi connectivity index (χ0) is 18.2. The second kappa shape index (κ2) is 6.36. The van der Waals surface area contributed by atoms with Gasteiger partial charge in [-0.05, 0) is 11.6 Å². The van der Waals surface area contributed by atoms with Crippen LogP contribution in [-0.4, -0.2) is 24.2 Å². The molecule has 0 saturated carbocycles. The summed E-state index contributed by atoms with van der Waals surface area (Å²) in [5.74, 6) is 1.07.